The molecule has 1 aliphatic heterocycles. The molecule has 1 rings (SSSR count). The molecule has 1 heterocycles. The van der Waals surface area contributed by atoms with Crippen LogP contribution in [0.2, 0.25) is 0 Å². The van der Waals surface area contributed by atoms with E-state index in [2.05, 4.69) is 17.1 Å². The fourth-order valence-corrected chi connectivity index (χ4v) is 2.34. The van der Waals surface area contributed by atoms with Crippen LogP contribution in [0.1, 0.15) is 45.4 Å². The molecule has 0 radical (unpaired) electrons. The predicted octanol–water partition coefficient (Wildman–Crippen LogP) is 1.61. The number of nitrogens with zero attached hydrogens (tertiary/aromatic N) is 1. The van der Waals surface area contributed by atoms with Gasteiger partial charge in [-0.1, -0.05) is 12.8 Å². The third-order valence-corrected chi connectivity index (χ3v) is 3.85. The summed E-state index contributed by atoms with van der Waals surface area (Å²) in [5.74, 6) is 0. The van der Waals surface area contributed by atoms with E-state index in [4.69, 9.17) is 0 Å². The van der Waals surface area contributed by atoms with E-state index in [1.165, 1.54) is 51.7 Å². The minimum absolute atomic E-state index is 0.0914. The highest BCUT2D eigenvalue weighted by Gasteiger charge is 2.20. The average molecular weight is 228 g/mol. The molecule has 3 heteroatoms. The lowest BCUT2D eigenvalue weighted by molar-refractivity contribution is 0.164. The molecule has 0 saturated carbocycles. The molecule has 0 aliphatic carbocycles. The van der Waals surface area contributed by atoms with E-state index < -0.39 is 0 Å². The van der Waals surface area contributed by atoms with Crippen LogP contribution in [0.15, 0.2) is 0 Å². The molecule has 1 saturated heterocycles. The number of nitrogens with one attached hydrogen (secondary N) is 1. The van der Waals surface area contributed by atoms with Crippen LogP contribution in [0.25, 0.3) is 0 Å². The fraction of sp³-hybridized carbons (Fsp3) is 1.00. The molecule has 0 amide bonds. The number of aliphatic hydroxyl groups excluding tert-OH is 1. The van der Waals surface area contributed by atoms with Crippen LogP contribution in [0.5, 0.6) is 0 Å². The quantitative estimate of drug-likeness (QED) is 0.725. The first-order valence-electron chi connectivity index (χ1n) is 6.72. The first-order chi connectivity index (χ1) is 7.70. The normalized spacial score (nSPS) is 22.7. The molecule has 2 N–H and O–H groups in total. The standard InChI is InChI=1S/C13H28N2O/c1-13(12-16,14-2)8-7-11-15-9-5-3-4-6-10-15/h14,16H,3-12H2,1-2H3. The Bertz CT molecular complexity index is 173. The van der Waals surface area contributed by atoms with Gasteiger partial charge in [-0.3, -0.25) is 0 Å². The zero-order chi connectivity index (χ0) is 11.9. The first-order valence-corrected chi connectivity index (χ1v) is 6.72. The number of hydrogen-bond donors (Lipinski definition) is 2. The lowest BCUT2D eigenvalue weighted by atomic mass is 9.97. The van der Waals surface area contributed by atoms with E-state index in [0.717, 1.165) is 6.42 Å². The lowest BCUT2D eigenvalue weighted by Crippen LogP contribution is -2.44. The Morgan fingerprint density at radius 1 is 1.19 bits per heavy atom. The second kappa shape index (κ2) is 7.25. The summed E-state index contributed by atoms with van der Waals surface area (Å²) in [7, 11) is 1.93. The van der Waals surface area contributed by atoms with Gasteiger partial charge in [0.25, 0.3) is 0 Å². The van der Waals surface area contributed by atoms with E-state index in [-0.39, 0.29) is 12.1 Å². The molecule has 0 aromatic rings. The van der Waals surface area contributed by atoms with Gasteiger partial charge >= 0.3 is 0 Å². The molecule has 1 unspecified atom stereocenters. The highest BCUT2D eigenvalue weighted by molar-refractivity contribution is 4.80. The molecule has 0 spiro atoms. The van der Waals surface area contributed by atoms with Gasteiger partial charge in [0.15, 0.2) is 0 Å². The summed E-state index contributed by atoms with van der Waals surface area (Å²) in [5.41, 5.74) is -0.0914. The number of rotatable bonds is 6. The van der Waals surface area contributed by atoms with Crippen molar-refractivity contribution >= 4 is 0 Å². The second-order valence-electron chi connectivity index (χ2n) is 5.33. The molecule has 96 valence electrons. The maximum atomic E-state index is 9.29. The third kappa shape index (κ3) is 4.81. The van der Waals surface area contributed by atoms with Crippen molar-refractivity contribution in [2.24, 2.45) is 0 Å². The van der Waals surface area contributed by atoms with Gasteiger partial charge in [-0.05, 0) is 59.3 Å². The van der Waals surface area contributed by atoms with Crippen LogP contribution >= 0.6 is 0 Å². The summed E-state index contributed by atoms with van der Waals surface area (Å²) in [6.07, 6.45) is 7.77. The van der Waals surface area contributed by atoms with Crippen molar-refractivity contribution in [3.05, 3.63) is 0 Å². The summed E-state index contributed by atoms with van der Waals surface area (Å²) < 4.78 is 0. The first kappa shape index (κ1) is 13.9. The van der Waals surface area contributed by atoms with Gasteiger partial charge in [-0.2, -0.15) is 0 Å². The Hall–Kier alpha value is -0.120. The Morgan fingerprint density at radius 2 is 1.81 bits per heavy atom. The Labute approximate surface area is 100 Å². The van der Waals surface area contributed by atoms with Gasteiger partial charge in [-0.15, -0.1) is 0 Å². The van der Waals surface area contributed by atoms with Gasteiger partial charge in [0, 0.05) is 5.54 Å². The summed E-state index contributed by atoms with van der Waals surface area (Å²) in [6.45, 7) is 6.06. The van der Waals surface area contributed by atoms with Crippen molar-refractivity contribution in [2.45, 2.75) is 51.0 Å². The second-order valence-corrected chi connectivity index (χ2v) is 5.33. The zero-order valence-corrected chi connectivity index (χ0v) is 11.0. The Morgan fingerprint density at radius 3 is 2.31 bits per heavy atom. The van der Waals surface area contributed by atoms with Gasteiger partial charge in [0.1, 0.15) is 0 Å². The average Bonchev–Trinajstić information content (AvgIpc) is 2.57. The van der Waals surface area contributed by atoms with Gasteiger partial charge in [0.05, 0.1) is 6.61 Å². The van der Waals surface area contributed by atoms with E-state index >= 15 is 0 Å². The smallest absolute Gasteiger partial charge is 0.0610 e. The Balaban J connectivity index is 2.18. The van der Waals surface area contributed by atoms with Crippen molar-refractivity contribution in [3.63, 3.8) is 0 Å². The van der Waals surface area contributed by atoms with Crippen molar-refractivity contribution < 1.29 is 5.11 Å². The highest BCUT2D eigenvalue weighted by Crippen LogP contribution is 2.14. The van der Waals surface area contributed by atoms with E-state index in [1.54, 1.807) is 0 Å². The SMILES string of the molecule is CNC(C)(CO)CCCN1CCCCCC1. The largest absolute Gasteiger partial charge is 0.394 e. The monoisotopic (exact) mass is 228 g/mol. The molecule has 1 aliphatic rings. The highest BCUT2D eigenvalue weighted by atomic mass is 16.3. The van der Waals surface area contributed by atoms with Crippen molar-refractivity contribution in [1.82, 2.24) is 10.2 Å². The van der Waals surface area contributed by atoms with Gasteiger partial charge < -0.3 is 15.3 Å². The lowest BCUT2D eigenvalue weighted by Gasteiger charge is -2.28. The van der Waals surface area contributed by atoms with Crippen LogP contribution in [0, 0.1) is 0 Å². The van der Waals surface area contributed by atoms with Crippen molar-refractivity contribution in [2.75, 3.05) is 33.3 Å². The minimum Gasteiger partial charge on any atom is -0.394 e. The molecule has 1 atom stereocenters. The number of likely N-dealkylation sites (N-methyl/N-ethyl adjacent to an activating group) is 1. The van der Waals surface area contributed by atoms with Gasteiger partial charge in [-0.25, -0.2) is 0 Å². The van der Waals surface area contributed by atoms with Crippen LogP contribution in [0.4, 0.5) is 0 Å². The van der Waals surface area contributed by atoms with E-state index in [1.807, 2.05) is 7.05 Å². The van der Waals surface area contributed by atoms with Crippen molar-refractivity contribution in [1.29, 1.82) is 0 Å². The fourth-order valence-electron chi connectivity index (χ4n) is 2.34. The summed E-state index contributed by atoms with van der Waals surface area (Å²) in [6, 6.07) is 0. The summed E-state index contributed by atoms with van der Waals surface area (Å²) in [5, 5.41) is 12.5. The molecular formula is C13H28N2O. The number of aliphatic hydroxyl groups is 1. The van der Waals surface area contributed by atoms with Crippen LogP contribution in [-0.2, 0) is 0 Å². The summed E-state index contributed by atoms with van der Waals surface area (Å²) >= 11 is 0. The predicted molar refractivity (Wildman–Crippen MR) is 68.7 cm³/mol. The van der Waals surface area contributed by atoms with E-state index in [9.17, 15) is 5.11 Å². The molecular weight excluding hydrogens is 200 g/mol. The van der Waals surface area contributed by atoms with Crippen molar-refractivity contribution in [3.8, 4) is 0 Å². The van der Waals surface area contributed by atoms with Crippen LogP contribution in [0.3, 0.4) is 0 Å². The molecule has 16 heavy (non-hydrogen) atoms. The molecule has 1 fully saturated rings. The topological polar surface area (TPSA) is 35.5 Å². The zero-order valence-electron chi connectivity index (χ0n) is 11.0. The number of likely N-dealkylation sites (tertiary alicyclic amines) is 1. The van der Waals surface area contributed by atoms with E-state index in [0.29, 0.717) is 0 Å². The Kier molecular flexibility index (Phi) is 6.32. The van der Waals surface area contributed by atoms with Crippen LogP contribution < -0.4 is 5.32 Å². The minimum atomic E-state index is -0.0914. The molecule has 3 nitrogen and oxygen atoms in total. The van der Waals surface area contributed by atoms with Gasteiger partial charge in [0.2, 0.25) is 0 Å². The molecule has 0 aromatic carbocycles. The third-order valence-electron chi connectivity index (χ3n) is 3.85. The summed E-state index contributed by atoms with van der Waals surface area (Å²) in [4.78, 5) is 2.58. The van der Waals surface area contributed by atoms with Crippen LogP contribution in [-0.4, -0.2) is 48.8 Å². The number of hydrogen-bond acceptors (Lipinski definition) is 3. The molecule has 0 bridgehead atoms. The molecule has 0 aromatic heterocycles. The maximum Gasteiger partial charge on any atom is 0.0610 e. The maximum absolute atomic E-state index is 9.29.